The lowest BCUT2D eigenvalue weighted by Gasteiger charge is -2.21. The van der Waals surface area contributed by atoms with Crippen molar-refractivity contribution >= 4 is 7.82 Å². The molecule has 0 aromatic heterocycles. The van der Waals surface area contributed by atoms with Crippen LogP contribution in [0.4, 0.5) is 0 Å². The molecular weight excluding hydrogens is 367 g/mol. The summed E-state index contributed by atoms with van der Waals surface area (Å²) in [6, 6.07) is 1.45. The number of nitrogens with zero attached hydrogens (tertiary/aromatic N) is 4. The van der Waals surface area contributed by atoms with E-state index in [0.717, 1.165) is 12.1 Å². The van der Waals surface area contributed by atoms with Crippen molar-refractivity contribution in [3.8, 4) is 0 Å². The van der Waals surface area contributed by atoms with E-state index in [2.05, 4.69) is 80.0 Å². The lowest BCUT2D eigenvalue weighted by atomic mass is 10.2. The average Bonchev–Trinajstić information content (AvgIpc) is 2.81. The van der Waals surface area contributed by atoms with Crippen molar-refractivity contribution in [2.24, 2.45) is 0 Å². The molecule has 0 radical (unpaired) electrons. The highest BCUT2D eigenvalue weighted by Crippen LogP contribution is 2.40. The van der Waals surface area contributed by atoms with Gasteiger partial charge in [-0.15, -0.1) is 0 Å². The molecule has 0 saturated carbocycles. The van der Waals surface area contributed by atoms with E-state index in [4.69, 9.17) is 9.79 Å². The van der Waals surface area contributed by atoms with Crippen LogP contribution in [0, 0.1) is 0 Å². The van der Waals surface area contributed by atoms with E-state index in [0.29, 0.717) is 12.3 Å². The molecule has 0 bridgehead atoms. The van der Waals surface area contributed by atoms with Crippen LogP contribution >= 0.6 is 7.82 Å². The number of phosphoric acid groups is 1. The average molecular weight is 411 g/mol. The molecule has 164 valence electrons. The zero-order chi connectivity index (χ0) is 21.7. The van der Waals surface area contributed by atoms with E-state index in [1.165, 1.54) is 13.1 Å². The standard InChI is InChI=1S/2C7H16N2.C4H11O4P/c2*1-6-5-8(3)7(2)9(6)4;1-4(2,3)8-9(5,6)7/h2*6-7H,5H2,1-4H3;1-3H3,(H2,5,6,7). The van der Waals surface area contributed by atoms with Gasteiger partial charge >= 0.3 is 7.82 Å². The highest BCUT2D eigenvalue weighted by Gasteiger charge is 2.28. The van der Waals surface area contributed by atoms with Crippen molar-refractivity contribution in [2.45, 2.75) is 78.5 Å². The lowest BCUT2D eigenvalue weighted by molar-refractivity contribution is 0.0810. The number of likely N-dealkylation sites (N-methyl/N-ethyl adjacent to an activating group) is 4. The maximum Gasteiger partial charge on any atom is 0.470 e. The molecule has 9 heteroatoms. The zero-order valence-corrected chi connectivity index (χ0v) is 20.1. The summed E-state index contributed by atoms with van der Waals surface area (Å²) in [7, 11) is 4.41. The second kappa shape index (κ2) is 10.6. The first-order valence-electron chi connectivity index (χ1n) is 9.57. The fraction of sp³-hybridized carbons (Fsp3) is 1.00. The smallest absolute Gasteiger partial charge is 0.303 e. The van der Waals surface area contributed by atoms with Crippen molar-refractivity contribution in [3.05, 3.63) is 0 Å². The molecule has 0 aromatic carbocycles. The normalized spacial score (nSPS) is 31.3. The quantitative estimate of drug-likeness (QED) is 0.636. The van der Waals surface area contributed by atoms with E-state index in [1.807, 2.05) is 0 Å². The molecule has 2 aliphatic heterocycles. The maximum absolute atomic E-state index is 10.1. The van der Waals surface area contributed by atoms with Gasteiger partial charge in [-0.3, -0.25) is 24.1 Å². The van der Waals surface area contributed by atoms with E-state index in [-0.39, 0.29) is 0 Å². The fourth-order valence-corrected chi connectivity index (χ4v) is 3.82. The predicted octanol–water partition coefficient (Wildman–Crippen LogP) is 2.09. The monoisotopic (exact) mass is 410 g/mol. The summed E-state index contributed by atoms with van der Waals surface area (Å²) >= 11 is 0. The zero-order valence-electron chi connectivity index (χ0n) is 19.2. The van der Waals surface area contributed by atoms with Gasteiger partial charge in [-0.25, -0.2) is 4.57 Å². The van der Waals surface area contributed by atoms with Crippen LogP contribution in [-0.4, -0.2) is 101 Å². The first-order valence-corrected chi connectivity index (χ1v) is 11.1. The van der Waals surface area contributed by atoms with Crippen LogP contribution in [0.15, 0.2) is 0 Å². The molecule has 27 heavy (non-hydrogen) atoms. The van der Waals surface area contributed by atoms with Gasteiger partial charge in [-0.2, -0.15) is 0 Å². The third kappa shape index (κ3) is 10.3. The van der Waals surface area contributed by atoms with Crippen LogP contribution in [0.5, 0.6) is 0 Å². The van der Waals surface area contributed by atoms with Crippen molar-refractivity contribution in [3.63, 3.8) is 0 Å². The number of hydrogen-bond acceptors (Lipinski definition) is 6. The summed E-state index contributed by atoms with van der Waals surface area (Å²) in [5.74, 6) is 0. The summed E-state index contributed by atoms with van der Waals surface area (Å²) < 4.78 is 14.4. The second-order valence-corrected chi connectivity index (χ2v) is 10.0. The summed E-state index contributed by atoms with van der Waals surface area (Å²) in [5, 5.41) is 0. The number of phosphoric ester groups is 1. The Bertz CT molecular complexity index is 432. The Morgan fingerprint density at radius 2 is 1.11 bits per heavy atom. The van der Waals surface area contributed by atoms with Crippen LogP contribution < -0.4 is 0 Å². The molecule has 8 nitrogen and oxygen atoms in total. The molecule has 0 amide bonds. The molecule has 2 N–H and O–H groups in total. The Morgan fingerprint density at radius 1 is 0.815 bits per heavy atom. The van der Waals surface area contributed by atoms with E-state index >= 15 is 0 Å². The SMILES string of the molecule is CC(C)(C)OP(=O)(O)O.CC1CN(C)C(C)N1C.CC1CN(C)C(C)N1C. The Kier molecular flexibility index (Phi) is 10.6. The lowest BCUT2D eigenvalue weighted by Crippen LogP contribution is -2.32. The Labute approximate surface area is 166 Å². The molecule has 2 rings (SSSR count). The van der Waals surface area contributed by atoms with E-state index < -0.39 is 13.4 Å². The molecule has 2 fully saturated rings. The largest absolute Gasteiger partial charge is 0.470 e. The highest BCUT2D eigenvalue weighted by atomic mass is 31.2. The van der Waals surface area contributed by atoms with Gasteiger partial charge in [-0.05, 0) is 76.7 Å². The van der Waals surface area contributed by atoms with Crippen LogP contribution in [0.25, 0.3) is 0 Å². The van der Waals surface area contributed by atoms with E-state index in [1.54, 1.807) is 20.8 Å². The van der Waals surface area contributed by atoms with Gasteiger partial charge in [0.2, 0.25) is 0 Å². The summed E-state index contributed by atoms with van der Waals surface area (Å²) in [6.45, 7) is 16.1. The Hall–Kier alpha value is -0.0500. The molecule has 2 saturated heterocycles. The molecule has 0 aromatic rings. The first kappa shape index (κ1) is 27.0. The molecule has 2 aliphatic rings. The fourth-order valence-electron chi connectivity index (χ4n) is 3.11. The Balaban J connectivity index is 0.000000376. The first-order chi connectivity index (χ1) is 12.0. The van der Waals surface area contributed by atoms with Crippen molar-refractivity contribution in [1.82, 2.24) is 19.6 Å². The second-order valence-electron chi connectivity index (χ2n) is 8.87. The van der Waals surface area contributed by atoms with Crippen molar-refractivity contribution in [2.75, 3.05) is 41.3 Å². The summed E-state index contributed by atoms with van der Waals surface area (Å²) in [6.07, 6.45) is 1.25. The van der Waals surface area contributed by atoms with Gasteiger partial charge in [0.1, 0.15) is 0 Å². The molecule has 0 spiro atoms. The molecule has 4 unspecified atom stereocenters. The van der Waals surface area contributed by atoms with Crippen molar-refractivity contribution < 1.29 is 18.9 Å². The maximum atomic E-state index is 10.1. The van der Waals surface area contributed by atoms with Gasteiger partial charge in [-0.1, -0.05) is 0 Å². The molecule has 4 atom stereocenters. The third-order valence-corrected chi connectivity index (χ3v) is 6.13. The summed E-state index contributed by atoms with van der Waals surface area (Å²) in [5.41, 5.74) is -0.779. The van der Waals surface area contributed by atoms with Crippen LogP contribution in [0.2, 0.25) is 0 Å². The van der Waals surface area contributed by atoms with E-state index in [9.17, 15) is 4.57 Å². The topological polar surface area (TPSA) is 79.7 Å². The van der Waals surface area contributed by atoms with Gasteiger partial charge < -0.3 is 9.79 Å². The molecule has 2 heterocycles. The summed E-state index contributed by atoms with van der Waals surface area (Å²) in [4.78, 5) is 26.0. The molecule has 0 aliphatic carbocycles. The minimum absolute atomic E-state index is 0.625. The van der Waals surface area contributed by atoms with Gasteiger partial charge in [0.05, 0.1) is 17.9 Å². The Morgan fingerprint density at radius 3 is 1.15 bits per heavy atom. The van der Waals surface area contributed by atoms with Crippen molar-refractivity contribution in [1.29, 1.82) is 0 Å². The van der Waals surface area contributed by atoms with Gasteiger partial charge in [0.15, 0.2) is 0 Å². The molecular formula is C18H43N4O4P. The number of rotatable bonds is 1. The van der Waals surface area contributed by atoms with Gasteiger partial charge in [0.25, 0.3) is 0 Å². The third-order valence-electron chi connectivity index (χ3n) is 5.34. The minimum atomic E-state index is -4.29. The number of hydrogen-bond donors (Lipinski definition) is 2. The highest BCUT2D eigenvalue weighted by molar-refractivity contribution is 7.46. The van der Waals surface area contributed by atoms with Crippen LogP contribution in [0.3, 0.4) is 0 Å². The predicted molar refractivity (Wildman–Crippen MR) is 112 cm³/mol. The minimum Gasteiger partial charge on any atom is -0.303 e. The van der Waals surface area contributed by atoms with Crippen LogP contribution in [0.1, 0.15) is 48.5 Å². The van der Waals surface area contributed by atoms with Crippen LogP contribution in [-0.2, 0) is 9.09 Å². The van der Waals surface area contributed by atoms with Gasteiger partial charge in [0, 0.05) is 25.2 Å².